The molecule has 0 unspecified atom stereocenters. The molecule has 2 aliphatic heterocycles. The molecule has 1 amide bonds. The lowest BCUT2D eigenvalue weighted by atomic mass is 9.65. The van der Waals surface area contributed by atoms with Crippen LogP contribution in [-0.4, -0.2) is 35.5 Å². The maximum absolute atomic E-state index is 13.9. The predicted molar refractivity (Wildman–Crippen MR) is 130 cm³/mol. The van der Waals surface area contributed by atoms with Gasteiger partial charge in [0.05, 0.1) is 6.04 Å². The van der Waals surface area contributed by atoms with Gasteiger partial charge in [0, 0.05) is 21.7 Å². The first-order valence-electron chi connectivity index (χ1n) is 11.6. The summed E-state index contributed by atoms with van der Waals surface area (Å²) in [6, 6.07) is 16.5. The first-order chi connectivity index (χ1) is 14.6. The Bertz CT molecular complexity index is 946. The quantitative estimate of drug-likeness (QED) is 0.562. The van der Waals surface area contributed by atoms with Crippen LogP contribution >= 0.6 is 11.6 Å². The van der Waals surface area contributed by atoms with Crippen molar-refractivity contribution in [2.45, 2.75) is 70.9 Å². The van der Waals surface area contributed by atoms with E-state index in [9.17, 15) is 4.79 Å². The fourth-order valence-electron chi connectivity index (χ4n) is 5.75. The highest BCUT2D eigenvalue weighted by Crippen LogP contribution is 2.50. The molecule has 4 rings (SSSR count). The summed E-state index contributed by atoms with van der Waals surface area (Å²) in [7, 11) is 0. The largest absolute Gasteiger partial charge is 0.305 e. The van der Waals surface area contributed by atoms with E-state index in [2.05, 4.69) is 80.8 Å². The number of nitrogens with zero attached hydrogens (tertiary/aromatic N) is 2. The summed E-state index contributed by atoms with van der Waals surface area (Å²) in [6.07, 6.45) is 3.20. The first-order valence-corrected chi connectivity index (χ1v) is 11.9. The second-order valence-electron chi connectivity index (χ2n) is 10.4. The highest BCUT2D eigenvalue weighted by Gasteiger charge is 2.48. The Morgan fingerprint density at radius 3 is 2.29 bits per heavy atom. The van der Waals surface area contributed by atoms with Crippen LogP contribution in [0.4, 0.5) is 5.69 Å². The fraction of sp³-hybridized carbons (Fsp3) is 0.519. The Kier molecular flexibility index (Phi) is 5.95. The van der Waals surface area contributed by atoms with Gasteiger partial charge in [-0.1, -0.05) is 55.8 Å². The Balaban J connectivity index is 1.73. The summed E-state index contributed by atoms with van der Waals surface area (Å²) in [4.78, 5) is 18.4. The average Bonchev–Trinajstić information content (AvgIpc) is 2.73. The van der Waals surface area contributed by atoms with Crippen molar-refractivity contribution in [1.82, 2.24) is 4.90 Å². The third-order valence-corrected chi connectivity index (χ3v) is 7.81. The zero-order valence-electron chi connectivity index (χ0n) is 19.5. The molecular weight excluding hydrogens is 404 g/mol. The van der Waals surface area contributed by atoms with Crippen molar-refractivity contribution in [2.24, 2.45) is 5.92 Å². The van der Waals surface area contributed by atoms with Gasteiger partial charge in [-0.15, -0.1) is 0 Å². The molecule has 0 bridgehead atoms. The summed E-state index contributed by atoms with van der Waals surface area (Å²) in [5, 5.41) is 0.747. The van der Waals surface area contributed by atoms with Gasteiger partial charge in [-0.3, -0.25) is 9.69 Å². The lowest BCUT2D eigenvalue weighted by Gasteiger charge is -2.52. The Hall–Kier alpha value is -1.84. The maximum Gasteiger partial charge on any atom is 0.244 e. The minimum Gasteiger partial charge on any atom is -0.305 e. The molecule has 166 valence electrons. The van der Waals surface area contributed by atoms with E-state index in [0.717, 1.165) is 36.1 Å². The average molecular weight is 439 g/mol. The molecule has 0 saturated carbocycles. The van der Waals surface area contributed by atoms with Crippen molar-refractivity contribution in [3.8, 4) is 0 Å². The molecule has 1 fully saturated rings. The van der Waals surface area contributed by atoms with Gasteiger partial charge in [0.2, 0.25) is 5.91 Å². The molecule has 0 aromatic heterocycles. The number of rotatable bonds is 3. The van der Waals surface area contributed by atoms with Crippen LogP contribution in [0.1, 0.15) is 65.0 Å². The third kappa shape index (κ3) is 4.03. The maximum atomic E-state index is 13.9. The van der Waals surface area contributed by atoms with Crippen molar-refractivity contribution in [3.05, 3.63) is 64.7 Å². The van der Waals surface area contributed by atoms with E-state index in [4.69, 9.17) is 11.6 Å². The van der Waals surface area contributed by atoms with Gasteiger partial charge in [0.1, 0.15) is 0 Å². The van der Waals surface area contributed by atoms with Gasteiger partial charge in [0.15, 0.2) is 0 Å². The molecule has 2 aromatic carbocycles. The first kappa shape index (κ1) is 22.4. The molecular formula is C27H35ClN2O. The molecule has 2 aliphatic rings. The minimum absolute atomic E-state index is 0.111. The van der Waals surface area contributed by atoms with E-state index >= 15 is 0 Å². The number of amides is 1. The number of anilines is 1. The number of carbonyl (C=O) groups is 1. The predicted octanol–water partition coefficient (Wildman–Crippen LogP) is 6.28. The number of hydrogen-bond acceptors (Lipinski definition) is 2. The molecule has 4 heteroatoms. The van der Waals surface area contributed by atoms with E-state index < -0.39 is 0 Å². The van der Waals surface area contributed by atoms with E-state index in [-0.39, 0.29) is 22.9 Å². The molecule has 0 radical (unpaired) electrons. The normalized spacial score (nSPS) is 25.2. The fourth-order valence-corrected chi connectivity index (χ4v) is 5.88. The van der Waals surface area contributed by atoms with Gasteiger partial charge in [-0.25, -0.2) is 0 Å². The van der Waals surface area contributed by atoms with Crippen molar-refractivity contribution in [2.75, 3.05) is 18.0 Å². The Morgan fingerprint density at radius 2 is 1.65 bits per heavy atom. The monoisotopic (exact) mass is 438 g/mol. The zero-order chi connectivity index (χ0) is 22.4. The van der Waals surface area contributed by atoms with Crippen LogP contribution in [0.5, 0.6) is 0 Å². The molecule has 3 nitrogen and oxygen atoms in total. The Labute approximate surface area is 192 Å². The lowest BCUT2D eigenvalue weighted by Crippen LogP contribution is -2.60. The lowest BCUT2D eigenvalue weighted by molar-refractivity contribution is -0.125. The second-order valence-corrected chi connectivity index (χ2v) is 10.8. The summed E-state index contributed by atoms with van der Waals surface area (Å²) in [5.74, 6) is 0.968. The van der Waals surface area contributed by atoms with Crippen molar-refractivity contribution in [3.63, 3.8) is 0 Å². The SMILES string of the molecule is CC1CCN([C@H](C)C(=O)N2c3ccccc3[C@](C)(c3ccc(Cl)cc3)CC2(C)C)CC1. The summed E-state index contributed by atoms with van der Waals surface area (Å²) < 4.78 is 0. The van der Waals surface area contributed by atoms with Gasteiger partial charge < -0.3 is 4.90 Å². The van der Waals surface area contributed by atoms with E-state index in [1.807, 2.05) is 12.1 Å². The number of piperidine rings is 1. The topological polar surface area (TPSA) is 23.6 Å². The van der Waals surface area contributed by atoms with Gasteiger partial charge in [-0.2, -0.15) is 0 Å². The summed E-state index contributed by atoms with van der Waals surface area (Å²) >= 11 is 6.18. The van der Waals surface area contributed by atoms with Crippen LogP contribution in [0.2, 0.25) is 5.02 Å². The number of carbonyl (C=O) groups excluding carboxylic acids is 1. The van der Waals surface area contributed by atoms with Crippen LogP contribution in [-0.2, 0) is 10.2 Å². The standard InChI is InChI=1S/C27H35ClN2O/c1-19-14-16-29(17-15-19)20(2)25(31)30-24-9-7-6-8-23(24)27(5,18-26(30,3)4)21-10-12-22(28)13-11-21/h6-13,19-20H,14-18H2,1-5H3/t20-,27+/m1/s1. The number of benzene rings is 2. The highest BCUT2D eigenvalue weighted by molar-refractivity contribution is 6.30. The molecule has 0 aliphatic carbocycles. The molecule has 2 atom stereocenters. The van der Waals surface area contributed by atoms with Crippen LogP contribution in [0.25, 0.3) is 0 Å². The number of halogens is 1. The number of fused-ring (bicyclic) bond motifs is 1. The van der Waals surface area contributed by atoms with Crippen LogP contribution in [0.3, 0.4) is 0 Å². The van der Waals surface area contributed by atoms with E-state index in [1.54, 1.807) is 0 Å². The number of hydrogen-bond donors (Lipinski definition) is 0. The van der Waals surface area contributed by atoms with Crippen LogP contribution in [0.15, 0.2) is 48.5 Å². The van der Waals surface area contributed by atoms with Crippen molar-refractivity contribution < 1.29 is 4.79 Å². The number of para-hydroxylation sites is 1. The summed E-state index contributed by atoms with van der Waals surface area (Å²) in [5.41, 5.74) is 2.99. The molecule has 0 spiro atoms. The minimum atomic E-state index is -0.308. The van der Waals surface area contributed by atoms with Gasteiger partial charge in [0.25, 0.3) is 0 Å². The molecule has 2 heterocycles. The molecule has 0 N–H and O–H groups in total. The van der Waals surface area contributed by atoms with Crippen LogP contribution < -0.4 is 4.90 Å². The molecule has 31 heavy (non-hydrogen) atoms. The highest BCUT2D eigenvalue weighted by atomic mass is 35.5. The number of likely N-dealkylation sites (tertiary alicyclic amines) is 1. The van der Waals surface area contributed by atoms with Crippen molar-refractivity contribution >= 4 is 23.2 Å². The van der Waals surface area contributed by atoms with Crippen LogP contribution in [0, 0.1) is 5.92 Å². The third-order valence-electron chi connectivity index (χ3n) is 7.56. The van der Waals surface area contributed by atoms with Crippen molar-refractivity contribution in [1.29, 1.82) is 0 Å². The second kappa shape index (κ2) is 8.26. The van der Waals surface area contributed by atoms with Gasteiger partial charge in [-0.05, 0) is 88.4 Å². The molecule has 1 saturated heterocycles. The Morgan fingerprint density at radius 1 is 1.03 bits per heavy atom. The molecule has 2 aromatic rings. The zero-order valence-corrected chi connectivity index (χ0v) is 20.2. The van der Waals surface area contributed by atoms with Gasteiger partial charge >= 0.3 is 0 Å². The smallest absolute Gasteiger partial charge is 0.244 e. The van der Waals surface area contributed by atoms with E-state index in [1.165, 1.54) is 24.0 Å². The summed E-state index contributed by atoms with van der Waals surface area (Å²) in [6.45, 7) is 13.1. The van der Waals surface area contributed by atoms with E-state index in [0.29, 0.717) is 0 Å².